The fourth-order valence-electron chi connectivity index (χ4n) is 3.88. The summed E-state index contributed by atoms with van der Waals surface area (Å²) >= 11 is 0. The molecule has 0 aliphatic carbocycles. The monoisotopic (exact) mass is 395 g/mol. The maximum atomic E-state index is 13.7. The Balaban J connectivity index is 1.79. The number of ether oxygens (including phenoxy) is 1. The Hall–Kier alpha value is -3.59. The smallest absolute Gasteiger partial charge is 0.239 e. The third kappa shape index (κ3) is 3.55. The summed E-state index contributed by atoms with van der Waals surface area (Å²) in [5, 5.41) is 5.14. The molecule has 3 heteroatoms. The maximum absolute atomic E-state index is 13.7. The molecule has 0 bridgehead atoms. The largest absolute Gasteiger partial charge is 0.493 e. The molecule has 150 valence electrons. The van der Waals surface area contributed by atoms with Gasteiger partial charge in [0.2, 0.25) is 5.91 Å². The van der Waals surface area contributed by atoms with Crippen molar-refractivity contribution < 1.29 is 9.53 Å². The van der Waals surface area contributed by atoms with Gasteiger partial charge in [-0.1, -0.05) is 84.9 Å². The molecule has 1 amide bonds. The van der Waals surface area contributed by atoms with Gasteiger partial charge in [0.15, 0.2) is 0 Å². The van der Waals surface area contributed by atoms with Crippen LogP contribution in [0.15, 0.2) is 97.1 Å². The summed E-state index contributed by atoms with van der Waals surface area (Å²) in [6.45, 7) is 4.54. The van der Waals surface area contributed by atoms with Crippen molar-refractivity contribution in [1.82, 2.24) is 0 Å². The summed E-state index contributed by atoms with van der Waals surface area (Å²) in [7, 11) is 0. The number of amides is 1. The van der Waals surface area contributed by atoms with Crippen molar-refractivity contribution in [3.8, 4) is 5.75 Å². The van der Waals surface area contributed by atoms with Gasteiger partial charge in [-0.15, -0.1) is 0 Å². The van der Waals surface area contributed by atoms with E-state index in [1.807, 2.05) is 111 Å². The van der Waals surface area contributed by atoms with Gasteiger partial charge in [-0.05, 0) is 37.1 Å². The summed E-state index contributed by atoms with van der Waals surface area (Å²) in [5.41, 5.74) is 1.84. The highest BCUT2D eigenvalue weighted by atomic mass is 16.5. The first-order valence-electron chi connectivity index (χ1n) is 10.2. The number of nitrogens with one attached hydrogen (secondary N) is 1. The molecule has 0 unspecified atom stereocenters. The van der Waals surface area contributed by atoms with E-state index in [4.69, 9.17) is 4.74 Å². The maximum Gasteiger partial charge on any atom is 0.239 e. The SMILES string of the molecule is CCOc1ccc(NC(=O)C(C)(c2ccccc2)c2ccccc2)c2ccccc12. The molecule has 0 radical (unpaired) electrons. The number of carbonyl (C=O) groups is 1. The van der Waals surface area contributed by atoms with Crippen molar-refractivity contribution in [3.63, 3.8) is 0 Å². The predicted octanol–water partition coefficient (Wildman–Crippen LogP) is 6.18. The Kier molecular flexibility index (Phi) is 5.53. The number of carbonyl (C=O) groups excluding carboxylic acids is 1. The molecule has 4 rings (SSSR count). The van der Waals surface area contributed by atoms with Gasteiger partial charge in [-0.3, -0.25) is 4.79 Å². The Bertz CT molecular complexity index is 1110. The van der Waals surface area contributed by atoms with E-state index in [0.717, 1.165) is 33.3 Å². The molecule has 0 aliphatic heterocycles. The molecular formula is C27H25NO2. The van der Waals surface area contributed by atoms with Crippen LogP contribution in [0.3, 0.4) is 0 Å². The number of hydrogen-bond donors (Lipinski definition) is 1. The molecule has 0 spiro atoms. The van der Waals surface area contributed by atoms with Crippen LogP contribution in [0.5, 0.6) is 5.75 Å². The summed E-state index contributed by atoms with van der Waals surface area (Å²) in [6, 6.07) is 31.6. The van der Waals surface area contributed by atoms with Gasteiger partial charge in [0.25, 0.3) is 0 Å². The van der Waals surface area contributed by atoms with Crippen molar-refractivity contribution in [2.75, 3.05) is 11.9 Å². The molecule has 0 saturated carbocycles. The Morgan fingerprint density at radius 1 is 0.767 bits per heavy atom. The van der Waals surface area contributed by atoms with Gasteiger partial charge >= 0.3 is 0 Å². The van der Waals surface area contributed by atoms with Gasteiger partial charge in [0.1, 0.15) is 5.75 Å². The first-order chi connectivity index (χ1) is 14.6. The number of hydrogen-bond acceptors (Lipinski definition) is 2. The lowest BCUT2D eigenvalue weighted by atomic mass is 9.75. The molecule has 0 heterocycles. The van der Waals surface area contributed by atoms with Crippen LogP contribution in [-0.4, -0.2) is 12.5 Å². The fourth-order valence-corrected chi connectivity index (χ4v) is 3.88. The highest BCUT2D eigenvalue weighted by molar-refractivity contribution is 6.08. The molecule has 0 aliphatic rings. The minimum Gasteiger partial charge on any atom is -0.493 e. The molecule has 4 aromatic carbocycles. The van der Waals surface area contributed by atoms with Crippen molar-refractivity contribution >= 4 is 22.4 Å². The molecular weight excluding hydrogens is 370 g/mol. The molecule has 0 aromatic heterocycles. The number of anilines is 1. The highest BCUT2D eigenvalue weighted by Crippen LogP contribution is 2.36. The molecule has 3 nitrogen and oxygen atoms in total. The van der Waals surface area contributed by atoms with E-state index in [1.165, 1.54) is 0 Å². The van der Waals surface area contributed by atoms with Gasteiger partial charge in [0, 0.05) is 16.5 Å². The first kappa shape index (κ1) is 19.7. The third-order valence-corrected chi connectivity index (χ3v) is 5.59. The van der Waals surface area contributed by atoms with E-state index in [9.17, 15) is 4.79 Å². The summed E-state index contributed by atoms with van der Waals surface area (Å²) in [6.07, 6.45) is 0. The average Bonchev–Trinajstić information content (AvgIpc) is 2.81. The number of benzene rings is 4. The lowest BCUT2D eigenvalue weighted by molar-refractivity contribution is -0.119. The first-order valence-corrected chi connectivity index (χ1v) is 10.2. The van der Waals surface area contributed by atoms with Crippen LogP contribution < -0.4 is 10.1 Å². The molecule has 0 fully saturated rings. The van der Waals surface area contributed by atoms with E-state index in [0.29, 0.717) is 6.61 Å². The van der Waals surface area contributed by atoms with Crippen LogP contribution >= 0.6 is 0 Å². The van der Waals surface area contributed by atoms with Gasteiger partial charge < -0.3 is 10.1 Å². The topological polar surface area (TPSA) is 38.3 Å². The van der Waals surface area contributed by atoms with Crippen LogP contribution in [0.1, 0.15) is 25.0 Å². The van der Waals surface area contributed by atoms with E-state index >= 15 is 0 Å². The normalized spacial score (nSPS) is 11.3. The van der Waals surface area contributed by atoms with Gasteiger partial charge in [-0.25, -0.2) is 0 Å². The zero-order valence-corrected chi connectivity index (χ0v) is 17.3. The second kappa shape index (κ2) is 8.42. The predicted molar refractivity (Wildman–Crippen MR) is 123 cm³/mol. The van der Waals surface area contributed by atoms with Crippen molar-refractivity contribution in [2.24, 2.45) is 0 Å². The Morgan fingerprint density at radius 3 is 1.87 bits per heavy atom. The van der Waals surface area contributed by atoms with Gasteiger partial charge in [0.05, 0.1) is 12.0 Å². The summed E-state index contributed by atoms with van der Waals surface area (Å²) in [5.74, 6) is 0.745. The average molecular weight is 396 g/mol. The van der Waals surface area contributed by atoms with E-state index in [2.05, 4.69) is 5.32 Å². The molecule has 4 aromatic rings. The zero-order chi connectivity index (χ0) is 21.0. The van der Waals surface area contributed by atoms with Crippen LogP contribution in [0.25, 0.3) is 10.8 Å². The van der Waals surface area contributed by atoms with Crippen molar-refractivity contribution in [1.29, 1.82) is 0 Å². The zero-order valence-electron chi connectivity index (χ0n) is 17.3. The minimum absolute atomic E-state index is 0.0748. The van der Waals surface area contributed by atoms with E-state index in [-0.39, 0.29) is 5.91 Å². The summed E-state index contributed by atoms with van der Waals surface area (Å²) < 4.78 is 5.77. The van der Waals surface area contributed by atoms with Crippen LogP contribution in [0.2, 0.25) is 0 Å². The molecule has 0 saturated heterocycles. The quantitative estimate of drug-likeness (QED) is 0.423. The lowest BCUT2D eigenvalue weighted by Gasteiger charge is -2.30. The van der Waals surface area contributed by atoms with Crippen LogP contribution in [-0.2, 0) is 10.2 Å². The second-order valence-electron chi connectivity index (χ2n) is 7.40. The fraction of sp³-hybridized carbons (Fsp3) is 0.148. The van der Waals surface area contributed by atoms with Crippen molar-refractivity contribution in [3.05, 3.63) is 108 Å². The highest BCUT2D eigenvalue weighted by Gasteiger charge is 2.37. The van der Waals surface area contributed by atoms with Crippen LogP contribution in [0.4, 0.5) is 5.69 Å². The van der Waals surface area contributed by atoms with Crippen molar-refractivity contribution in [2.45, 2.75) is 19.3 Å². The molecule has 1 N–H and O–H groups in total. The number of fused-ring (bicyclic) bond motifs is 1. The standard InChI is InChI=1S/C27H25NO2/c1-3-30-25-19-18-24(22-16-10-11-17-23(22)25)28-26(29)27(2,20-12-6-4-7-13-20)21-14-8-5-9-15-21/h4-19H,3H2,1-2H3,(H,28,29). The van der Waals surface area contributed by atoms with E-state index in [1.54, 1.807) is 0 Å². The van der Waals surface area contributed by atoms with Gasteiger partial charge in [-0.2, -0.15) is 0 Å². The minimum atomic E-state index is -0.831. The second-order valence-corrected chi connectivity index (χ2v) is 7.40. The molecule has 30 heavy (non-hydrogen) atoms. The number of rotatable bonds is 6. The lowest BCUT2D eigenvalue weighted by Crippen LogP contribution is -2.38. The Labute approximate surface area is 177 Å². The van der Waals surface area contributed by atoms with E-state index < -0.39 is 5.41 Å². The Morgan fingerprint density at radius 2 is 1.30 bits per heavy atom. The third-order valence-electron chi connectivity index (χ3n) is 5.59. The van der Waals surface area contributed by atoms with Crippen LogP contribution in [0, 0.1) is 0 Å². The molecule has 0 atom stereocenters. The summed E-state index contributed by atoms with van der Waals surface area (Å²) in [4.78, 5) is 13.7.